The van der Waals surface area contributed by atoms with Crippen molar-refractivity contribution in [3.05, 3.63) is 0 Å². The van der Waals surface area contributed by atoms with E-state index in [9.17, 15) is 19.8 Å². The highest BCUT2D eigenvalue weighted by Crippen LogP contribution is 2.51. The standard InChI is InChI=1S/C25H42N2O4/c1-19(13-20-7-3-2-4-8-20)23(30)26-12-11-25(31,24(17-26)9-5-6-10-24)18-27-15-21(16-28)14-22(27)29/h19-21,28,31H,2-18H2,1H3/t19-,21?,25?/m1/s1. The maximum atomic E-state index is 13.4. The largest absolute Gasteiger partial charge is 0.396 e. The normalized spacial score (nSPS) is 32.7. The molecule has 4 rings (SSSR count). The molecule has 4 fully saturated rings. The van der Waals surface area contributed by atoms with Gasteiger partial charge in [-0.25, -0.2) is 0 Å². The number of carbonyl (C=O) groups excluding carboxylic acids is 2. The van der Waals surface area contributed by atoms with Crippen LogP contribution in [0.1, 0.15) is 84.0 Å². The molecule has 2 N–H and O–H groups in total. The van der Waals surface area contributed by atoms with Gasteiger partial charge in [-0.3, -0.25) is 9.59 Å². The summed E-state index contributed by atoms with van der Waals surface area (Å²) in [5.74, 6) is 1.03. The molecule has 2 aliphatic heterocycles. The summed E-state index contributed by atoms with van der Waals surface area (Å²) in [6.07, 6.45) is 12.4. The molecule has 6 heteroatoms. The van der Waals surface area contributed by atoms with Crippen LogP contribution in [0.2, 0.25) is 0 Å². The van der Waals surface area contributed by atoms with E-state index in [2.05, 4.69) is 6.92 Å². The predicted molar refractivity (Wildman–Crippen MR) is 119 cm³/mol. The molecule has 0 aromatic carbocycles. The Morgan fingerprint density at radius 1 is 1.10 bits per heavy atom. The first-order chi connectivity index (χ1) is 14.9. The number of hydrogen-bond acceptors (Lipinski definition) is 4. The molecule has 6 nitrogen and oxygen atoms in total. The SMILES string of the molecule is C[C@H](CC1CCCCC1)C(=O)N1CCC(O)(CN2CC(CO)CC2=O)C2(CCCC2)C1. The summed E-state index contributed by atoms with van der Waals surface area (Å²) in [6.45, 7) is 4.21. The number of rotatable bonds is 6. The lowest BCUT2D eigenvalue weighted by molar-refractivity contribution is -0.167. The van der Waals surface area contributed by atoms with Gasteiger partial charge in [-0.1, -0.05) is 51.9 Å². The summed E-state index contributed by atoms with van der Waals surface area (Å²) in [5, 5.41) is 21.3. The second-order valence-electron chi connectivity index (χ2n) is 11.2. The van der Waals surface area contributed by atoms with Crippen LogP contribution >= 0.6 is 0 Å². The molecular formula is C25H42N2O4. The van der Waals surface area contributed by atoms with Gasteiger partial charge in [0.2, 0.25) is 11.8 Å². The second kappa shape index (κ2) is 9.38. The number of piperidine rings is 1. The topological polar surface area (TPSA) is 81.1 Å². The molecule has 2 heterocycles. The highest BCUT2D eigenvalue weighted by molar-refractivity contribution is 5.79. The lowest BCUT2D eigenvalue weighted by Gasteiger charge is -2.53. The van der Waals surface area contributed by atoms with Gasteiger partial charge in [-0.2, -0.15) is 0 Å². The van der Waals surface area contributed by atoms with Gasteiger partial charge in [0, 0.05) is 49.9 Å². The minimum atomic E-state index is -0.938. The van der Waals surface area contributed by atoms with E-state index in [0.717, 1.165) is 32.1 Å². The van der Waals surface area contributed by atoms with E-state index in [1.165, 1.54) is 32.1 Å². The average molecular weight is 435 g/mol. The number of likely N-dealkylation sites (tertiary alicyclic amines) is 2. The van der Waals surface area contributed by atoms with E-state index < -0.39 is 5.60 Å². The Morgan fingerprint density at radius 3 is 2.45 bits per heavy atom. The van der Waals surface area contributed by atoms with Gasteiger partial charge in [-0.05, 0) is 31.6 Å². The van der Waals surface area contributed by atoms with Gasteiger partial charge < -0.3 is 20.0 Å². The van der Waals surface area contributed by atoms with Crippen LogP contribution in [-0.2, 0) is 9.59 Å². The van der Waals surface area contributed by atoms with Crippen molar-refractivity contribution in [2.45, 2.75) is 89.6 Å². The fourth-order valence-corrected chi connectivity index (χ4v) is 7.07. The molecule has 0 radical (unpaired) electrons. The van der Waals surface area contributed by atoms with Gasteiger partial charge in [0.15, 0.2) is 0 Å². The Morgan fingerprint density at radius 2 is 1.81 bits per heavy atom. The van der Waals surface area contributed by atoms with Crippen molar-refractivity contribution in [1.29, 1.82) is 0 Å². The summed E-state index contributed by atoms with van der Waals surface area (Å²) >= 11 is 0. The summed E-state index contributed by atoms with van der Waals surface area (Å²) in [5.41, 5.74) is -1.24. The molecule has 4 aliphatic rings. The van der Waals surface area contributed by atoms with E-state index in [-0.39, 0.29) is 35.7 Å². The Labute approximate surface area is 187 Å². The Balaban J connectivity index is 1.42. The van der Waals surface area contributed by atoms with Crippen LogP contribution in [-0.4, -0.2) is 70.2 Å². The van der Waals surface area contributed by atoms with E-state index in [4.69, 9.17) is 0 Å². The van der Waals surface area contributed by atoms with E-state index in [1.807, 2.05) is 4.90 Å². The number of β-amino-alcohol motifs (C(OH)–C–C–N with tert-alkyl or cyclic N) is 1. The maximum Gasteiger partial charge on any atom is 0.225 e. The fraction of sp³-hybridized carbons (Fsp3) is 0.920. The first-order valence-corrected chi connectivity index (χ1v) is 12.8. The van der Waals surface area contributed by atoms with Crippen LogP contribution < -0.4 is 0 Å². The molecule has 2 unspecified atom stereocenters. The summed E-state index contributed by atoms with van der Waals surface area (Å²) in [7, 11) is 0. The Bertz CT molecular complexity index is 656. The molecule has 2 saturated carbocycles. The molecule has 1 spiro atoms. The fourth-order valence-electron chi connectivity index (χ4n) is 7.07. The summed E-state index contributed by atoms with van der Waals surface area (Å²) in [6, 6.07) is 0. The van der Waals surface area contributed by atoms with E-state index in [0.29, 0.717) is 44.9 Å². The van der Waals surface area contributed by atoms with Crippen LogP contribution in [0.4, 0.5) is 0 Å². The molecule has 176 valence electrons. The van der Waals surface area contributed by atoms with Crippen molar-refractivity contribution in [2.75, 3.05) is 32.8 Å². The quantitative estimate of drug-likeness (QED) is 0.673. The zero-order chi connectivity index (χ0) is 22.1. The van der Waals surface area contributed by atoms with Crippen LogP contribution in [0, 0.1) is 23.2 Å². The van der Waals surface area contributed by atoms with Gasteiger partial charge in [-0.15, -0.1) is 0 Å². The van der Waals surface area contributed by atoms with Gasteiger partial charge in [0.1, 0.15) is 0 Å². The molecule has 2 saturated heterocycles. The number of carbonyl (C=O) groups is 2. The highest BCUT2D eigenvalue weighted by atomic mass is 16.3. The van der Waals surface area contributed by atoms with Crippen molar-refractivity contribution in [3.63, 3.8) is 0 Å². The second-order valence-corrected chi connectivity index (χ2v) is 11.2. The number of nitrogens with zero attached hydrogens (tertiary/aromatic N) is 2. The van der Waals surface area contributed by atoms with Crippen LogP contribution in [0.25, 0.3) is 0 Å². The molecule has 3 atom stereocenters. The maximum absolute atomic E-state index is 13.4. The number of aliphatic hydroxyl groups excluding tert-OH is 1. The lowest BCUT2D eigenvalue weighted by atomic mass is 9.65. The summed E-state index contributed by atoms with van der Waals surface area (Å²) in [4.78, 5) is 29.6. The van der Waals surface area contributed by atoms with E-state index in [1.54, 1.807) is 4.90 Å². The lowest BCUT2D eigenvalue weighted by Crippen LogP contribution is -2.64. The van der Waals surface area contributed by atoms with Crippen molar-refractivity contribution < 1.29 is 19.8 Å². The molecule has 0 aromatic heterocycles. The Hall–Kier alpha value is -1.14. The first kappa shape index (κ1) is 23.0. The number of amides is 2. The van der Waals surface area contributed by atoms with Crippen molar-refractivity contribution in [3.8, 4) is 0 Å². The van der Waals surface area contributed by atoms with Crippen LogP contribution in [0.15, 0.2) is 0 Å². The third-order valence-corrected chi connectivity index (χ3v) is 8.99. The average Bonchev–Trinajstić information content (AvgIpc) is 3.38. The first-order valence-electron chi connectivity index (χ1n) is 12.8. The third-order valence-electron chi connectivity index (χ3n) is 8.99. The minimum absolute atomic E-state index is 0.0158. The Kier molecular flexibility index (Phi) is 6.97. The van der Waals surface area contributed by atoms with Gasteiger partial charge >= 0.3 is 0 Å². The number of aliphatic hydroxyl groups is 2. The summed E-state index contributed by atoms with van der Waals surface area (Å²) < 4.78 is 0. The molecule has 31 heavy (non-hydrogen) atoms. The molecule has 0 aromatic rings. The van der Waals surface area contributed by atoms with E-state index >= 15 is 0 Å². The minimum Gasteiger partial charge on any atom is -0.396 e. The zero-order valence-corrected chi connectivity index (χ0v) is 19.4. The third kappa shape index (κ3) is 4.66. The van der Waals surface area contributed by atoms with Crippen molar-refractivity contribution in [1.82, 2.24) is 9.80 Å². The number of hydrogen-bond donors (Lipinski definition) is 2. The van der Waals surface area contributed by atoms with Crippen LogP contribution in [0.5, 0.6) is 0 Å². The van der Waals surface area contributed by atoms with Gasteiger partial charge in [0.25, 0.3) is 0 Å². The molecule has 0 bridgehead atoms. The van der Waals surface area contributed by atoms with Crippen molar-refractivity contribution >= 4 is 11.8 Å². The van der Waals surface area contributed by atoms with Crippen molar-refractivity contribution in [2.24, 2.45) is 23.2 Å². The molecule has 2 amide bonds. The van der Waals surface area contributed by atoms with Gasteiger partial charge in [0.05, 0.1) is 12.1 Å². The van der Waals surface area contributed by atoms with Crippen LogP contribution in [0.3, 0.4) is 0 Å². The predicted octanol–water partition coefficient (Wildman–Crippen LogP) is 2.96. The monoisotopic (exact) mass is 434 g/mol. The smallest absolute Gasteiger partial charge is 0.225 e. The molecule has 2 aliphatic carbocycles. The molecular weight excluding hydrogens is 392 g/mol. The highest BCUT2D eigenvalue weighted by Gasteiger charge is 2.56. The zero-order valence-electron chi connectivity index (χ0n) is 19.4.